The summed E-state index contributed by atoms with van der Waals surface area (Å²) in [6.07, 6.45) is 5.10. The number of aryl methyl sites for hydroxylation is 1. The minimum absolute atomic E-state index is 0.0240. The second kappa shape index (κ2) is 9.14. The van der Waals surface area contributed by atoms with Crippen molar-refractivity contribution in [1.29, 1.82) is 0 Å². The number of likely N-dealkylation sites (tertiary alicyclic amines) is 1. The van der Waals surface area contributed by atoms with E-state index in [2.05, 4.69) is 21.4 Å². The van der Waals surface area contributed by atoms with E-state index in [0.29, 0.717) is 24.3 Å². The number of benzene rings is 2. The lowest BCUT2D eigenvalue weighted by atomic mass is 9.91. The van der Waals surface area contributed by atoms with Crippen molar-refractivity contribution < 1.29 is 9.59 Å². The topological polar surface area (TPSA) is 78.1 Å². The number of hydrogen-bond acceptors (Lipinski definition) is 3. The Bertz CT molecular complexity index is 1360. The number of amides is 2. The summed E-state index contributed by atoms with van der Waals surface area (Å²) in [7, 11) is 0. The van der Waals surface area contributed by atoms with Crippen LogP contribution < -0.4 is 5.32 Å². The van der Waals surface area contributed by atoms with Crippen LogP contribution in [0.15, 0.2) is 67.0 Å². The third-order valence-corrected chi connectivity index (χ3v) is 6.78. The molecular formula is C28H28N4O2. The minimum atomic E-state index is -0.136. The van der Waals surface area contributed by atoms with Gasteiger partial charge in [-0.2, -0.15) is 0 Å². The third kappa shape index (κ3) is 4.07. The highest BCUT2D eigenvalue weighted by Gasteiger charge is 2.29. The molecule has 6 heteroatoms. The van der Waals surface area contributed by atoms with Gasteiger partial charge in [-0.15, -0.1) is 0 Å². The van der Waals surface area contributed by atoms with Gasteiger partial charge in [0.15, 0.2) is 0 Å². The summed E-state index contributed by atoms with van der Waals surface area (Å²) in [5, 5.41) is 3.95. The van der Waals surface area contributed by atoms with Crippen LogP contribution in [0, 0.1) is 13.8 Å². The van der Waals surface area contributed by atoms with Crippen LogP contribution in [0.5, 0.6) is 0 Å². The Balaban J connectivity index is 1.38. The number of nitrogens with zero attached hydrogens (tertiary/aromatic N) is 2. The number of H-pyrrole nitrogens is 1. The van der Waals surface area contributed by atoms with E-state index in [1.54, 1.807) is 18.5 Å². The molecule has 1 atom stereocenters. The van der Waals surface area contributed by atoms with E-state index in [0.717, 1.165) is 46.0 Å². The number of carbonyl (C=O) groups is 2. The van der Waals surface area contributed by atoms with Crippen molar-refractivity contribution in [3.63, 3.8) is 0 Å². The van der Waals surface area contributed by atoms with E-state index in [9.17, 15) is 9.59 Å². The van der Waals surface area contributed by atoms with Crippen LogP contribution in [0.1, 0.15) is 44.7 Å². The highest BCUT2D eigenvalue weighted by atomic mass is 16.2. The molecule has 2 amide bonds. The predicted molar refractivity (Wildman–Crippen MR) is 134 cm³/mol. The quantitative estimate of drug-likeness (QED) is 0.463. The average Bonchev–Trinajstić information content (AvgIpc) is 3.35. The van der Waals surface area contributed by atoms with Gasteiger partial charge in [-0.1, -0.05) is 42.5 Å². The lowest BCUT2D eigenvalue weighted by Gasteiger charge is -2.34. The molecule has 0 saturated carbocycles. The van der Waals surface area contributed by atoms with Crippen molar-refractivity contribution in [1.82, 2.24) is 20.2 Å². The second-order valence-electron chi connectivity index (χ2n) is 8.96. The molecule has 3 heterocycles. The van der Waals surface area contributed by atoms with Gasteiger partial charge in [0.05, 0.1) is 11.1 Å². The first-order chi connectivity index (χ1) is 16.5. The number of fused-ring (bicyclic) bond motifs is 1. The van der Waals surface area contributed by atoms with Crippen molar-refractivity contribution in [3.05, 3.63) is 89.2 Å². The Hall–Kier alpha value is -3.93. The molecule has 0 unspecified atom stereocenters. The summed E-state index contributed by atoms with van der Waals surface area (Å²) in [6, 6.07) is 17.7. The maximum atomic E-state index is 13.8. The normalized spacial score (nSPS) is 15.9. The van der Waals surface area contributed by atoms with Crippen LogP contribution in [0.3, 0.4) is 0 Å². The summed E-state index contributed by atoms with van der Waals surface area (Å²) in [5.74, 6) is -0.112. The fourth-order valence-corrected chi connectivity index (χ4v) is 4.81. The summed E-state index contributed by atoms with van der Waals surface area (Å²) >= 11 is 0. The number of piperidine rings is 1. The summed E-state index contributed by atoms with van der Waals surface area (Å²) < 4.78 is 0. The largest absolute Gasteiger partial charge is 0.348 e. The van der Waals surface area contributed by atoms with Gasteiger partial charge in [-0.3, -0.25) is 9.59 Å². The molecule has 172 valence electrons. The van der Waals surface area contributed by atoms with Crippen LogP contribution in [0.4, 0.5) is 0 Å². The van der Waals surface area contributed by atoms with Crippen LogP contribution >= 0.6 is 0 Å². The zero-order valence-electron chi connectivity index (χ0n) is 19.5. The number of rotatable bonds is 4. The van der Waals surface area contributed by atoms with Crippen LogP contribution in [0.25, 0.3) is 22.2 Å². The molecule has 0 bridgehead atoms. The van der Waals surface area contributed by atoms with Crippen LogP contribution in [-0.2, 0) is 0 Å². The first-order valence-electron chi connectivity index (χ1n) is 11.7. The molecule has 34 heavy (non-hydrogen) atoms. The SMILES string of the molecule is Cc1ccc(-c2ccccc2)c(C(=O)N2CCC[C@@H](NC(=O)c3ccnc4[nH]ccc34)C2)c1C. The maximum absolute atomic E-state index is 13.8. The Morgan fingerprint density at radius 2 is 1.88 bits per heavy atom. The third-order valence-electron chi connectivity index (χ3n) is 6.78. The first-order valence-corrected chi connectivity index (χ1v) is 11.7. The molecule has 6 nitrogen and oxygen atoms in total. The molecule has 2 N–H and O–H groups in total. The van der Waals surface area contributed by atoms with Crippen LogP contribution in [0.2, 0.25) is 0 Å². The molecule has 0 spiro atoms. The molecule has 2 aromatic carbocycles. The summed E-state index contributed by atoms with van der Waals surface area (Å²) in [5.41, 5.74) is 6.12. The average molecular weight is 453 g/mol. The lowest BCUT2D eigenvalue weighted by molar-refractivity contribution is 0.0676. The lowest BCUT2D eigenvalue weighted by Crippen LogP contribution is -2.49. The monoisotopic (exact) mass is 452 g/mol. The van der Waals surface area contributed by atoms with Gasteiger partial charge in [0.25, 0.3) is 11.8 Å². The Labute approximate surface area is 199 Å². The van der Waals surface area contributed by atoms with Crippen molar-refractivity contribution in [2.75, 3.05) is 13.1 Å². The molecule has 1 aliphatic heterocycles. The molecule has 5 rings (SSSR count). The molecule has 0 aliphatic carbocycles. The zero-order chi connectivity index (χ0) is 23.7. The van der Waals surface area contributed by atoms with Gasteiger partial charge in [0, 0.05) is 36.9 Å². The van der Waals surface area contributed by atoms with E-state index in [1.165, 1.54) is 0 Å². The van der Waals surface area contributed by atoms with Gasteiger partial charge >= 0.3 is 0 Å². The van der Waals surface area contributed by atoms with Gasteiger partial charge in [0.1, 0.15) is 5.65 Å². The summed E-state index contributed by atoms with van der Waals surface area (Å²) in [4.78, 5) is 36.1. The number of aromatic amines is 1. The van der Waals surface area contributed by atoms with Crippen molar-refractivity contribution in [3.8, 4) is 11.1 Å². The number of carbonyl (C=O) groups excluding carboxylic acids is 2. The van der Waals surface area contributed by atoms with Crippen LogP contribution in [-0.4, -0.2) is 45.8 Å². The molecule has 1 fully saturated rings. The first kappa shape index (κ1) is 21.9. The molecule has 4 aromatic rings. The van der Waals surface area contributed by atoms with Crippen molar-refractivity contribution >= 4 is 22.8 Å². The second-order valence-corrected chi connectivity index (χ2v) is 8.96. The number of hydrogen-bond donors (Lipinski definition) is 2. The fourth-order valence-electron chi connectivity index (χ4n) is 4.81. The zero-order valence-corrected chi connectivity index (χ0v) is 19.5. The Kier molecular flexibility index (Phi) is 5.88. The van der Waals surface area contributed by atoms with Crippen molar-refractivity contribution in [2.45, 2.75) is 32.7 Å². The van der Waals surface area contributed by atoms with E-state index < -0.39 is 0 Å². The van der Waals surface area contributed by atoms with Crippen molar-refractivity contribution in [2.24, 2.45) is 0 Å². The number of aromatic nitrogens is 2. The van der Waals surface area contributed by atoms with E-state index >= 15 is 0 Å². The molecule has 1 saturated heterocycles. The van der Waals surface area contributed by atoms with E-state index in [1.807, 2.05) is 61.2 Å². The minimum Gasteiger partial charge on any atom is -0.348 e. The highest BCUT2D eigenvalue weighted by Crippen LogP contribution is 2.30. The molecule has 1 aliphatic rings. The maximum Gasteiger partial charge on any atom is 0.254 e. The fraction of sp³-hybridized carbons (Fsp3) is 0.250. The van der Waals surface area contributed by atoms with E-state index in [-0.39, 0.29) is 17.9 Å². The molecule has 2 aromatic heterocycles. The van der Waals surface area contributed by atoms with E-state index in [4.69, 9.17) is 0 Å². The smallest absolute Gasteiger partial charge is 0.254 e. The molecule has 0 radical (unpaired) electrons. The van der Waals surface area contributed by atoms with Gasteiger partial charge in [-0.05, 0) is 61.1 Å². The Morgan fingerprint density at radius 1 is 1.06 bits per heavy atom. The number of nitrogens with one attached hydrogen (secondary N) is 2. The standard InChI is InChI=1S/C28H28N4O2/c1-18-10-11-22(20-7-4-3-5-8-20)25(19(18)2)28(34)32-16-6-9-21(17-32)31-27(33)24-13-15-30-26-23(24)12-14-29-26/h3-5,7-8,10-15,21H,6,9,16-17H2,1-2H3,(H,29,30)(H,31,33)/t21-/m1/s1. The predicted octanol–water partition coefficient (Wildman–Crippen LogP) is 4.88. The Morgan fingerprint density at radius 3 is 2.71 bits per heavy atom. The van der Waals surface area contributed by atoms with Gasteiger partial charge in [0.2, 0.25) is 0 Å². The summed E-state index contributed by atoms with van der Waals surface area (Å²) in [6.45, 7) is 5.23. The number of pyridine rings is 1. The van der Waals surface area contributed by atoms with Gasteiger partial charge in [-0.25, -0.2) is 4.98 Å². The highest BCUT2D eigenvalue weighted by molar-refractivity contribution is 6.06. The molecular weight excluding hydrogens is 424 g/mol. The van der Waals surface area contributed by atoms with Gasteiger partial charge < -0.3 is 15.2 Å².